The third-order valence-electron chi connectivity index (χ3n) is 4.51. The number of carbonyl (C=O) groups is 2. The zero-order chi connectivity index (χ0) is 13.9. The molecule has 2 aliphatic rings. The molecule has 2 N–H and O–H groups in total. The Balaban J connectivity index is 0.00000200. The summed E-state index contributed by atoms with van der Waals surface area (Å²) in [6, 6.07) is 0. The Hall–Kier alpha value is -0.810. The van der Waals surface area contributed by atoms with Gasteiger partial charge in [-0.2, -0.15) is 0 Å². The molecule has 1 saturated carbocycles. The van der Waals surface area contributed by atoms with Crippen molar-refractivity contribution in [2.24, 2.45) is 11.3 Å². The van der Waals surface area contributed by atoms with E-state index in [1.165, 1.54) is 0 Å². The number of nitrogens with one attached hydrogen (secondary N) is 2. The molecule has 1 saturated heterocycles. The lowest BCUT2D eigenvalue weighted by molar-refractivity contribution is -0.137. The zero-order valence-corrected chi connectivity index (χ0v) is 13.2. The molecule has 5 nitrogen and oxygen atoms in total. The average molecular weight is 304 g/mol. The van der Waals surface area contributed by atoms with Gasteiger partial charge in [0.05, 0.1) is 6.54 Å². The van der Waals surface area contributed by atoms with E-state index in [1.54, 1.807) is 11.9 Å². The van der Waals surface area contributed by atoms with Gasteiger partial charge in [0.2, 0.25) is 11.8 Å². The Labute approximate surface area is 127 Å². The maximum atomic E-state index is 12.5. The average Bonchev–Trinajstić information content (AvgIpc) is 3.11. The quantitative estimate of drug-likeness (QED) is 0.789. The van der Waals surface area contributed by atoms with E-state index in [0.29, 0.717) is 6.54 Å². The van der Waals surface area contributed by atoms with Crippen molar-refractivity contribution in [1.29, 1.82) is 0 Å². The summed E-state index contributed by atoms with van der Waals surface area (Å²) >= 11 is 0. The Morgan fingerprint density at radius 1 is 1.35 bits per heavy atom. The van der Waals surface area contributed by atoms with Crippen LogP contribution in [0.3, 0.4) is 0 Å². The van der Waals surface area contributed by atoms with Crippen molar-refractivity contribution >= 4 is 24.2 Å². The summed E-state index contributed by atoms with van der Waals surface area (Å²) in [7, 11) is 1.61. The van der Waals surface area contributed by atoms with Crippen LogP contribution in [0.1, 0.15) is 32.6 Å². The van der Waals surface area contributed by atoms with Crippen molar-refractivity contribution < 1.29 is 9.59 Å². The van der Waals surface area contributed by atoms with Gasteiger partial charge in [-0.1, -0.05) is 6.92 Å². The Bertz CT molecular complexity index is 356. The van der Waals surface area contributed by atoms with Gasteiger partial charge in [-0.25, -0.2) is 0 Å². The van der Waals surface area contributed by atoms with Gasteiger partial charge in [-0.3, -0.25) is 9.59 Å². The van der Waals surface area contributed by atoms with E-state index in [1.807, 2.05) is 6.92 Å². The van der Waals surface area contributed by atoms with Gasteiger partial charge in [0.25, 0.3) is 0 Å². The molecule has 2 amide bonds. The lowest BCUT2D eigenvalue weighted by atomic mass is 9.91. The van der Waals surface area contributed by atoms with Crippen LogP contribution < -0.4 is 10.6 Å². The molecule has 0 aromatic rings. The van der Waals surface area contributed by atoms with E-state index >= 15 is 0 Å². The molecular weight excluding hydrogens is 278 g/mol. The fourth-order valence-electron chi connectivity index (χ4n) is 3.18. The van der Waals surface area contributed by atoms with Gasteiger partial charge in [0.15, 0.2) is 0 Å². The van der Waals surface area contributed by atoms with E-state index in [-0.39, 0.29) is 42.1 Å². The molecule has 0 radical (unpaired) electrons. The molecule has 2 fully saturated rings. The predicted octanol–water partition coefficient (Wildman–Crippen LogP) is 0.782. The van der Waals surface area contributed by atoms with Crippen molar-refractivity contribution in [2.45, 2.75) is 32.6 Å². The summed E-state index contributed by atoms with van der Waals surface area (Å²) < 4.78 is 0. The highest BCUT2D eigenvalue weighted by Gasteiger charge is 2.58. The molecule has 1 spiro atoms. The minimum Gasteiger partial charge on any atom is -0.358 e. The molecule has 2 rings (SSSR count). The zero-order valence-electron chi connectivity index (χ0n) is 12.4. The lowest BCUT2D eigenvalue weighted by Crippen LogP contribution is -2.42. The molecule has 20 heavy (non-hydrogen) atoms. The number of halogens is 1. The van der Waals surface area contributed by atoms with Gasteiger partial charge in [-0.15, -0.1) is 12.4 Å². The van der Waals surface area contributed by atoms with Crippen LogP contribution in [-0.2, 0) is 9.59 Å². The normalized spacial score (nSPS) is 22.8. The number of piperidine rings is 1. The standard InChI is InChI=1S/C14H25N3O2.ClH/c1-3-8-17(10-12(18)15-2)13(19)11-9-14(11)4-6-16-7-5-14;/h11,16H,3-10H2,1-2H3,(H,15,18);1H. The van der Waals surface area contributed by atoms with E-state index in [0.717, 1.165) is 38.8 Å². The topological polar surface area (TPSA) is 61.4 Å². The molecule has 1 aliphatic carbocycles. The maximum absolute atomic E-state index is 12.5. The van der Waals surface area contributed by atoms with E-state index in [9.17, 15) is 9.59 Å². The first kappa shape index (κ1) is 17.2. The molecule has 1 atom stereocenters. The highest BCUT2D eigenvalue weighted by Crippen LogP contribution is 2.59. The number of hydrogen-bond acceptors (Lipinski definition) is 3. The monoisotopic (exact) mass is 303 g/mol. The molecule has 0 aromatic heterocycles. The maximum Gasteiger partial charge on any atom is 0.239 e. The first-order valence-corrected chi connectivity index (χ1v) is 7.33. The van der Waals surface area contributed by atoms with Crippen LogP contribution >= 0.6 is 12.4 Å². The molecular formula is C14H26ClN3O2. The second-order valence-corrected chi connectivity index (χ2v) is 5.80. The van der Waals surface area contributed by atoms with Crippen LogP contribution in [0, 0.1) is 11.3 Å². The van der Waals surface area contributed by atoms with Crippen LogP contribution in [0.25, 0.3) is 0 Å². The second kappa shape index (κ2) is 7.27. The highest BCUT2D eigenvalue weighted by atomic mass is 35.5. The molecule has 116 valence electrons. The smallest absolute Gasteiger partial charge is 0.239 e. The summed E-state index contributed by atoms with van der Waals surface area (Å²) in [5, 5.41) is 5.94. The van der Waals surface area contributed by atoms with Crippen molar-refractivity contribution in [3.05, 3.63) is 0 Å². The van der Waals surface area contributed by atoms with Crippen LogP contribution in [0.2, 0.25) is 0 Å². The Morgan fingerprint density at radius 2 is 2.00 bits per heavy atom. The largest absolute Gasteiger partial charge is 0.358 e. The Kier molecular flexibility index (Phi) is 6.27. The number of rotatable bonds is 5. The molecule has 6 heteroatoms. The summed E-state index contributed by atoms with van der Waals surface area (Å²) in [4.78, 5) is 25.8. The molecule has 0 aromatic carbocycles. The van der Waals surface area contributed by atoms with E-state index < -0.39 is 0 Å². The van der Waals surface area contributed by atoms with Crippen LogP contribution in [0.15, 0.2) is 0 Å². The van der Waals surface area contributed by atoms with Gasteiger partial charge in [-0.05, 0) is 44.2 Å². The van der Waals surface area contributed by atoms with Crippen molar-refractivity contribution in [1.82, 2.24) is 15.5 Å². The van der Waals surface area contributed by atoms with Crippen molar-refractivity contribution in [3.8, 4) is 0 Å². The van der Waals surface area contributed by atoms with Crippen molar-refractivity contribution in [3.63, 3.8) is 0 Å². The molecule has 1 heterocycles. The number of amides is 2. The number of likely N-dealkylation sites (N-methyl/N-ethyl adjacent to an activating group) is 1. The van der Waals surface area contributed by atoms with Crippen LogP contribution in [0.4, 0.5) is 0 Å². The van der Waals surface area contributed by atoms with Crippen molar-refractivity contribution in [2.75, 3.05) is 33.2 Å². The number of nitrogens with zero attached hydrogens (tertiary/aromatic N) is 1. The highest BCUT2D eigenvalue weighted by molar-refractivity contribution is 5.87. The number of carbonyl (C=O) groups excluding carboxylic acids is 2. The molecule has 1 aliphatic heterocycles. The van der Waals surface area contributed by atoms with Gasteiger partial charge in [0, 0.05) is 19.5 Å². The minimum atomic E-state index is -0.0817. The second-order valence-electron chi connectivity index (χ2n) is 5.80. The van der Waals surface area contributed by atoms with Gasteiger partial charge >= 0.3 is 0 Å². The van der Waals surface area contributed by atoms with E-state index in [4.69, 9.17) is 0 Å². The van der Waals surface area contributed by atoms with E-state index in [2.05, 4.69) is 10.6 Å². The minimum absolute atomic E-state index is 0. The summed E-state index contributed by atoms with van der Waals surface area (Å²) in [6.45, 7) is 4.96. The predicted molar refractivity (Wildman–Crippen MR) is 80.8 cm³/mol. The van der Waals surface area contributed by atoms with Gasteiger partial charge < -0.3 is 15.5 Å². The lowest BCUT2D eigenvalue weighted by Gasteiger charge is -2.26. The Morgan fingerprint density at radius 3 is 2.55 bits per heavy atom. The fourth-order valence-corrected chi connectivity index (χ4v) is 3.18. The third-order valence-corrected chi connectivity index (χ3v) is 4.51. The molecule has 1 unspecified atom stereocenters. The molecule has 0 bridgehead atoms. The first-order chi connectivity index (χ1) is 9.13. The third kappa shape index (κ3) is 3.64. The first-order valence-electron chi connectivity index (χ1n) is 7.33. The number of hydrogen-bond donors (Lipinski definition) is 2. The SMILES string of the molecule is CCCN(CC(=O)NC)C(=O)C1CC12CCNCC2.Cl. The van der Waals surface area contributed by atoms with Crippen LogP contribution in [0.5, 0.6) is 0 Å². The summed E-state index contributed by atoms with van der Waals surface area (Å²) in [5.74, 6) is 0.264. The van der Waals surface area contributed by atoms with Gasteiger partial charge in [0.1, 0.15) is 0 Å². The summed E-state index contributed by atoms with van der Waals surface area (Å²) in [6.07, 6.45) is 4.11. The van der Waals surface area contributed by atoms with Crippen LogP contribution in [-0.4, -0.2) is 49.9 Å². The fraction of sp³-hybridized carbons (Fsp3) is 0.857. The summed E-state index contributed by atoms with van der Waals surface area (Å²) in [5.41, 5.74) is 0.247.